The SMILES string of the molecule is C=CCNC(=O)[C@H](C)OC(=O)[C@H](C)Oc1ccc(C(C)(C)C)cc1. The maximum atomic E-state index is 12.0. The normalized spacial score (nSPS) is 13.5. The van der Waals surface area contributed by atoms with Gasteiger partial charge < -0.3 is 14.8 Å². The third kappa shape index (κ3) is 6.07. The van der Waals surface area contributed by atoms with E-state index in [1.165, 1.54) is 12.5 Å². The summed E-state index contributed by atoms with van der Waals surface area (Å²) in [5.41, 5.74) is 1.23. The molecule has 0 bridgehead atoms. The topological polar surface area (TPSA) is 64.6 Å². The van der Waals surface area contributed by atoms with Gasteiger partial charge in [0.25, 0.3) is 5.91 Å². The predicted octanol–water partition coefficient (Wildman–Crippen LogP) is 2.99. The fraction of sp³-hybridized carbons (Fsp3) is 0.474. The Labute approximate surface area is 144 Å². The van der Waals surface area contributed by atoms with Crippen LogP contribution in [0.25, 0.3) is 0 Å². The molecule has 0 spiro atoms. The lowest BCUT2D eigenvalue weighted by molar-refractivity contribution is -0.160. The first-order chi connectivity index (χ1) is 11.1. The number of nitrogens with one attached hydrogen (secondary N) is 1. The van der Waals surface area contributed by atoms with Crippen molar-refractivity contribution < 1.29 is 19.1 Å². The van der Waals surface area contributed by atoms with Crippen LogP contribution in [-0.2, 0) is 19.7 Å². The Morgan fingerprint density at radius 2 is 1.75 bits per heavy atom. The standard InChI is InChI=1S/C19H27NO4/c1-7-12-20-17(21)13(2)24-18(22)14(3)23-16-10-8-15(9-11-16)19(4,5)6/h7-11,13-14H,1,12H2,2-6H3,(H,20,21)/t13-,14-/m0/s1. The van der Waals surface area contributed by atoms with E-state index in [1.54, 1.807) is 13.0 Å². The Morgan fingerprint density at radius 1 is 1.17 bits per heavy atom. The molecule has 1 N–H and O–H groups in total. The second-order valence-electron chi connectivity index (χ2n) is 6.65. The van der Waals surface area contributed by atoms with Gasteiger partial charge in [0.1, 0.15) is 5.75 Å². The molecule has 1 rings (SSSR count). The van der Waals surface area contributed by atoms with Crippen molar-refractivity contribution in [3.8, 4) is 5.75 Å². The number of carbonyl (C=O) groups is 2. The molecule has 0 saturated heterocycles. The van der Waals surface area contributed by atoms with E-state index in [-0.39, 0.29) is 11.3 Å². The molecule has 132 valence electrons. The average Bonchev–Trinajstić information content (AvgIpc) is 2.51. The summed E-state index contributed by atoms with van der Waals surface area (Å²) in [4.78, 5) is 23.7. The van der Waals surface area contributed by atoms with E-state index in [2.05, 4.69) is 32.7 Å². The van der Waals surface area contributed by atoms with Crippen molar-refractivity contribution in [2.24, 2.45) is 0 Å². The van der Waals surface area contributed by atoms with Crippen LogP contribution in [0.5, 0.6) is 5.75 Å². The highest BCUT2D eigenvalue weighted by Crippen LogP contribution is 2.24. The number of hydrogen-bond acceptors (Lipinski definition) is 4. The molecule has 0 unspecified atom stereocenters. The molecule has 1 aromatic carbocycles. The monoisotopic (exact) mass is 333 g/mol. The highest BCUT2D eigenvalue weighted by Gasteiger charge is 2.23. The van der Waals surface area contributed by atoms with E-state index < -0.39 is 18.2 Å². The fourth-order valence-corrected chi connectivity index (χ4v) is 1.93. The lowest BCUT2D eigenvalue weighted by Gasteiger charge is -2.20. The molecule has 0 radical (unpaired) electrons. The summed E-state index contributed by atoms with van der Waals surface area (Å²) in [7, 11) is 0. The van der Waals surface area contributed by atoms with E-state index in [0.29, 0.717) is 12.3 Å². The summed E-state index contributed by atoms with van der Waals surface area (Å²) in [5, 5.41) is 2.57. The van der Waals surface area contributed by atoms with Crippen LogP contribution in [-0.4, -0.2) is 30.6 Å². The number of amides is 1. The van der Waals surface area contributed by atoms with Crippen LogP contribution in [0.3, 0.4) is 0 Å². The summed E-state index contributed by atoms with van der Waals surface area (Å²) >= 11 is 0. The van der Waals surface area contributed by atoms with E-state index in [4.69, 9.17) is 9.47 Å². The van der Waals surface area contributed by atoms with Crippen LogP contribution >= 0.6 is 0 Å². The maximum absolute atomic E-state index is 12.0. The first-order valence-electron chi connectivity index (χ1n) is 8.01. The molecular weight excluding hydrogens is 306 g/mol. The quantitative estimate of drug-likeness (QED) is 0.615. The molecule has 0 aromatic heterocycles. The molecule has 0 heterocycles. The van der Waals surface area contributed by atoms with Crippen molar-refractivity contribution in [2.75, 3.05) is 6.54 Å². The van der Waals surface area contributed by atoms with Crippen molar-refractivity contribution in [1.29, 1.82) is 0 Å². The van der Waals surface area contributed by atoms with Crippen molar-refractivity contribution in [1.82, 2.24) is 5.32 Å². The molecule has 1 aromatic rings. The van der Waals surface area contributed by atoms with Crippen LogP contribution in [0.1, 0.15) is 40.2 Å². The smallest absolute Gasteiger partial charge is 0.347 e. The van der Waals surface area contributed by atoms with E-state index >= 15 is 0 Å². The lowest BCUT2D eigenvalue weighted by atomic mass is 9.87. The summed E-state index contributed by atoms with van der Waals surface area (Å²) in [6, 6.07) is 7.59. The average molecular weight is 333 g/mol. The molecular formula is C19H27NO4. The highest BCUT2D eigenvalue weighted by atomic mass is 16.6. The van der Waals surface area contributed by atoms with Gasteiger partial charge in [-0.1, -0.05) is 39.0 Å². The van der Waals surface area contributed by atoms with Crippen molar-refractivity contribution in [2.45, 2.75) is 52.2 Å². The molecule has 24 heavy (non-hydrogen) atoms. The lowest BCUT2D eigenvalue weighted by Crippen LogP contribution is -2.38. The van der Waals surface area contributed by atoms with E-state index in [1.807, 2.05) is 24.3 Å². The van der Waals surface area contributed by atoms with Crippen molar-refractivity contribution in [3.05, 3.63) is 42.5 Å². The first kappa shape index (κ1) is 19.7. The van der Waals surface area contributed by atoms with Gasteiger partial charge in [0.05, 0.1) is 0 Å². The first-order valence-corrected chi connectivity index (χ1v) is 8.01. The largest absolute Gasteiger partial charge is 0.479 e. The summed E-state index contributed by atoms with van der Waals surface area (Å²) in [5.74, 6) is -0.377. The molecule has 1 amide bonds. The summed E-state index contributed by atoms with van der Waals surface area (Å²) < 4.78 is 10.7. The Morgan fingerprint density at radius 3 is 2.25 bits per heavy atom. The fourth-order valence-electron chi connectivity index (χ4n) is 1.93. The predicted molar refractivity (Wildman–Crippen MR) is 94.0 cm³/mol. The number of ether oxygens (including phenoxy) is 2. The van der Waals surface area contributed by atoms with Gasteiger partial charge in [-0.05, 0) is 37.0 Å². The number of carbonyl (C=O) groups excluding carboxylic acids is 2. The number of rotatable bonds is 7. The zero-order chi connectivity index (χ0) is 18.3. The highest BCUT2D eigenvalue weighted by molar-refractivity contribution is 5.84. The van der Waals surface area contributed by atoms with Gasteiger partial charge in [-0.15, -0.1) is 6.58 Å². The molecule has 2 atom stereocenters. The minimum atomic E-state index is -0.883. The summed E-state index contributed by atoms with van der Waals surface area (Å²) in [6.45, 7) is 13.3. The Hall–Kier alpha value is -2.30. The van der Waals surface area contributed by atoms with Gasteiger partial charge in [-0.2, -0.15) is 0 Å². The number of hydrogen-bond donors (Lipinski definition) is 1. The minimum absolute atomic E-state index is 0.0529. The second kappa shape index (κ2) is 8.52. The molecule has 0 aliphatic carbocycles. The molecule has 0 aliphatic rings. The van der Waals surface area contributed by atoms with Gasteiger partial charge in [0.2, 0.25) is 0 Å². The third-order valence-electron chi connectivity index (χ3n) is 3.45. The zero-order valence-corrected chi connectivity index (χ0v) is 15.1. The van der Waals surface area contributed by atoms with Gasteiger partial charge >= 0.3 is 5.97 Å². The Kier molecular flexibility index (Phi) is 7.01. The van der Waals surface area contributed by atoms with Crippen LogP contribution < -0.4 is 10.1 Å². The van der Waals surface area contributed by atoms with Gasteiger partial charge in [-0.25, -0.2) is 4.79 Å². The van der Waals surface area contributed by atoms with Crippen LogP contribution in [0.15, 0.2) is 36.9 Å². The summed E-state index contributed by atoms with van der Waals surface area (Å²) in [6.07, 6.45) is -0.133. The molecule has 0 fully saturated rings. The Bertz CT molecular complexity index is 572. The molecule has 5 nitrogen and oxygen atoms in total. The molecule has 5 heteroatoms. The van der Waals surface area contributed by atoms with Gasteiger partial charge in [-0.3, -0.25) is 4.79 Å². The van der Waals surface area contributed by atoms with Crippen LogP contribution in [0, 0.1) is 0 Å². The number of esters is 1. The van der Waals surface area contributed by atoms with Crippen molar-refractivity contribution >= 4 is 11.9 Å². The maximum Gasteiger partial charge on any atom is 0.347 e. The van der Waals surface area contributed by atoms with E-state index in [9.17, 15) is 9.59 Å². The van der Waals surface area contributed by atoms with Gasteiger partial charge in [0.15, 0.2) is 12.2 Å². The van der Waals surface area contributed by atoms with Gasteiger partial charge in [0, 0.05) is 6.54 Å². The third-order valence-corrected chi connectivity index (χ3v) is 3.45. The van der Waals surface area contributed by atoms with Crippen LogP contribution in [0.4, 0.5) is 0 Å². The van der Waals surface area contributed by atoms with Crippen molar-refractivity contribution in [3.63, 3.8) is 0 Å². The molecule has 0 saturated carbocycles. The molecule has 0 aliphatic heterocycles. The van der Waals surface area contributed by atoms with Crippen LogP contribution in [0.2, 0.25) is 0 Å². The zero-order valence-electron chi connectivity index (χ0n) is 15.1. The number of benzene rings is 1. The Balaban J connectivity index is 2.57. The van der Waals surface area contributed by atoms with E-state index in [0.717, 1.165) is 0 Å². The minimum Gasteiger partial charge on any atom is -0.479 e. The second-order valence-corrected chi connectivity index (χ2v) is 6.65.